The van der Waals surface area contributed by atoms with Crippen LogP contribution in [0.25, 0.3) is 11.2 Å². The van der Waals surface area contributed by atoms with Crippen molar-refractivity contribution in [3.63, 3.8) is 0 Å². The molecule has 1 unspecified atom stereocenters. The smallest absolute Gasteiger partial charge is 0.434 e. The van der Waals surface area contributed by atoms with Crippen molar-refractivity contribution in [3.8, 4) is 0 Å². The molecule has 4 heterocycles. The van der Waals surface area contributed by atoms with Crippen molar-refractivity contribution in [2.75, 3.05) is 32.0 Å². The highest BCUT2D eigenvalue weighted by Crippen LogP contribution is 2.49. The van der Waals surface area contributed by atoms with Crippen molar-refractivity contribution >= 4 is 42.6 Å². The number of carbonyl (C=O) groups excluding carboxylic acids is 3. The first-order valence-electron chi connectivity index (χ1n) is 21.6. The highest BCUT2D eigenvalue weighted by Gasteiger charge is 2.52. The average molecular weight is 948 g/mol. The van der Waals surface area contributed by atoms with Crippen LogP contribution in [0.15, 0.2) is 104 Å². The number of fused-ring (bicyclic) bond motifs is 1. The number of imidazole rings is 1. The lowest BCUT2D eigenvalue weighted by atomic mass is 9.98. The van der Waals surface area contributed by atoms with Gasteiger partial charge in [0.05, 0.1) is 39.4 Å². The molecule has 21 heteroatoms. The van der Waals surface area contributed by atoms with E-state index in [2.05, 4.69) is 20.0 Å². The number of benzene rings is 3. The maximum absolute atomic E-state index is 14.8. The summed E-state index contributed by atoms with van der Waals surface area (Å²) in [5.74, 6) is -2.04. The number of hydrogen-bond donors (Lipinski definition) is 1. The Bertz CT molecular complexity index is 2430. The number of rotatable bonds is 22. The van der Waals surface area contributed by atoms with Crippen molar-refractivity contribution in [3.05, 3.63) is 120 Å². The van der Waals surface area contributed by atoms with Crippen molar-refractivity contribution < 1.29 is 70.6 Å². The molecule has 10 atom stereocenters. The SMILES string of the molecule is CCOP(=O)(Nc1ncnc2c1ncn2[C@@H]1O[C@H](COC(C)=O)[C@@H](OC(C)=O)[C@H]1OC(C)=O)OC[C@H]1O[C@H](OC)[C@H](OCc2ccccc2)[C@@H](OCc2ccccc2)[C@@H]1OCc1ccccc1. The molecule has 0 radical (unpaired) electrons. The molecular weight excluding hydrogens is 893 g/mol. The van der Waals surface area contributed by atoms with Gasteiger partial charge in [0.15, 0.2) is 41.7 Å². The lowest BCUT2D eigenvalue weighted by Gasteiger charge is -2.45. The molecule has 3 aromatic carbocycles. The Kier molecular flexibility index (Phi) is 17.2. The minimum atomic E-state index is -4.34. The van der Waals surface area contributed by atoms with E-state index < -0.39 is 80.9 Å². The third kappa shape index (κ3) is 12.9. The van der Waals surface area contributed by atoms with Crippen molar-refractivity contribution in [2.24, 2.45) is 0 Å². The number of carbonyl (C=O) groups is 3. The lowest BCUT2D eigenvalue weighted by Crippen LogP contribution is -2.61. The number of esters is 3. The molecule has 0 spiro atoms. The second-order valence-corrected chi connectivity index (χ2v) is 17.2. The number of nitrogens with zero attached hydrogens (tertiary/aromatic N) is 4. The quantitative estimate of drug-likeness (QED) is 0.0488. The zero-order valence-corrected chi connectivity index (χ0v) is 38.5. The van der Waals surface area contributed by atoms with Gasteiger partial charge in [-0.1, -0.05) is 91.0 Å². The Morgan fingerprint density at radius 3 is 1.76 bits per heavy atom. The molecule has 0 saturated carbocycles. The molecule has 0 amide bonds. The van der Waals surface area contributed by atoms with Crippen molar-refractivity contribution in [1.29, 1.82) is 0 Å². The molecule has 67 heavy (non-hydrogen) atoms. The van der Waals surface area contributed by atoms with E-state index in [4.69, 9.17) is 51.7 Å². The van der Waals surface area contributed by atoms with E-state index in [0.717, 1.165) is 16.7 Å². The molecular formula is C46H54N5O15P. The third-order valence-electron chi connectivity index (χ3n) is 10.6. The second-order valence-electron chi connectivity index (χ2n) is 15.4. The summed E-state index contributed by atoms with van der Waals surface area (Å²) in [5, 5.41) is 2.81. The van der Waals surface area contributed by atoms with Gasteiger partial charge in [-0.05, 0) is 23.6 Å². The predicted octanol–water partition coefficient (Wildman–Crippen LogP) is 5.85. The zero-order chi connectivity index (χ0) is 47.3. The van der Waals surface area contributed by atoms with Gasteiger partial charge >= 0.3 is 25.7 Å². The summed E-state index contributed by atoms with van der Waals surface area (Å²) in [6.45, 7) is 5.08. The van der Waals surface area contributed by atoms with Gasteiger partial charge in [0.2, 0.25) is 0 Å². The summed E-state index contributed by atoms with van der Waals surface area (Å²) in [6.07, 6.45) is -6.53. The fourth-order valence-corrected chi connectivity index (χ4v) is 8.99. The number of aromatic nitrogens is 4. The van der Waals surface area contributed by atoms with Gasteiger partial charge in [0.25, 0.3) is 0 Å². The zero-order valence-electron chi connectivity index (χ0n) is 37.6. The summed E-state index contributed by atoms with van der Waals surface area (Å²) < 4.78 is 83.0. The molecule has 0 aliphatic carbocycles. The van der Waals surface area contributed by atoms with Gasteiger partial charge in [-0.3, -0.25) is 33.1 Å². The van der Waals surface area contributed by atoms with Crippen LogP contribution >= 0.6 is 7.75 Å². The van der Waals surface area contributed by atoms with Gasteiger partial charge in [-0.15, -0.1) is 0 Å². The molecule has 20 nitrogen and oxygen atoms in total. The van der Waals surface area contributed by atoms with Gasteiger partial charge < -0.3 is 42.6 Å². The van der Waals surface area contributed by atoms with Crippen LogP contribution in [0.2, 0.25) is 0 Å². The summed E-state index contributed by atoms with van der Waals surface area (Å²) in [5.41, 5.74) is 2.94. The van der Waals surface area contributed by atoms with Crippen molar-refractivity contribution in [2.45, 2.75) is 103 Å². The maximum Gasteiger partial charge on any atom is 0.434 e. The molecule has 2 fully saturated rings. The molecule has 2 aromatic heterocycles. The van der Waals surface area contributed by atoms with Gasteiger partial charge in [0.1, 0.15) is 43.5 Å². The molecule has 1 N–H and O–H groups in total. The van der Waals surface area contributed by atoms with Crippen LogP contribution in [0, 0.1) is 0 Å². The first kappa shape index (κ1) is 49.2. The highest BCUT2D eigenvalue weighted by atomic mass is 31.2. The van der Waals surface area contributed by atoms with Gasteiger partial charge in [-0.2, -0.15) is 0 Å². The Labute approximate surface area is 387 Å². The van der Waals surface area contributed by atoms with Crippen LogP contribution in [-0.4, -0.2) is 113 Å². The number of ether oxygens (including phenoxy) is 9. The highest BCUT2D eigenvalue weighted by molar-refractivity contribution is 7.55. The standard InChI is InChI=1S/C46H54N5O15P/c1-6-61-67(55,50-43-37-44(48-27-47-43)51(28-49-37)45-41(64-31(4)54)39(63-30(3)53)35(65-45)25-57-29(2)52)62-26-36-38(58-22-32-16-10-7-11-17-32)40(59-23-33-18-12-8-13-19-33)42(46(56-5)66-36)60-24-34-20-14-9-15-21-34/h7-21,27-28,35-36,38-42,45-46H,6,22-26H2,1-5H3,(H,47,48,50,55)/t35-,36-,38-,39-,40+,41-,42-,45-,46+,67?/m1/s1. The number of methoxy groups -OCH3 is 1. The van der Waals surface area contributed by atoms with Crippen LogP contribution in [0.5, 0.6) is 0 Å². The van der Waals surface area contributed by atoms with E-state index in [1.165, 1.54) is 45.1 Å². The van der Waals surface area contributed by atoms with Crippen LogP contribution in [0.1, 0.15) is 50.6 Å². The second kappa shape index (κ2) is 23.4. The van der Waals surface area contributed by atoms with E-state index in [-0.39, 0.29) is 56.6 Å². The van der Waals surface area contributed by atoms with E-state index in [0.29, 0.717) is 0 Å². The molecule has 2 aliphatic heterocycles. The molecule has 358 valence electrons. The summed E-state index contributed by atoms with van der Waals surface area (Å²) in [7, 11) is -2.85. The summed E-state index contributed by atoms with van der Waals surface area (Å²) in [4.78, 5) is 49.4. The Balaban J connectivity index is 1.16. The van der Waals surface area contributed by atoms with E-state index >= 15 is 0 Å². The normalized spacial score (nSPS) is 24.7. The summed E-state index contributed by atoms with van der Waals surface area (Å²) in [6, 6.07) is 28.9. The fraction of sp³-hybridized carbons (Fsp3) is 0.435. The summed E-state index contributed by atoms with van der Waals surface area (Å²) >= 11 is 0. The van der Waals surface area contributed by atoms with Gasteiger partial charge in [0, 0.05) is 27.9 Å². The maximum atomic E-state index is 14.8. The number of nitrogens with one attached hydrogen (secondary N) is 1. The largest absolute Gasteiger partial charge is 0.463 e. The topological polar surface area (TPSA) is 225 Å². The van der Waals surface area contributed by atoms with Crippen LogP contribution in [0.4, 0.5) is 5.82 Å². The molecule has 5 aromatic rings. The Morgan fingerprint density at radius 2 is 1.21 bits per heavy atom. The third-order valence-corrected chi connectivity index (χ3v) is 12.2. The minimum absolute atomic E-state index is 0.0491. The lowest BCUT2D eigenvalue weighted by molar-refractivity contribution is -0.320. The molecule has 2 aliphatic rings. The van der Waals surface area contributed by atoms with Crippen LogP contribution in [0.3, 0.4) is 0 Å². The predicted molar refractivity (Wildman–Crippen MR) is 237 cm³/mol. The van der Waals surface area contributed by atoms with Crippen LogP contribution < -0.4 is 5.09 Å². The van der Waals surface area contributed by atoms with E-state index in [1.54, 1.807) is 6.92 Å². The first-order chi connectivity index (χ1) is 32.4. The Morgan fingerprint density at radius 1 is 0.657 bits per heavy atom. The van der Waals surface area contributed by atoms with E-state index in [1.807, 2.05) is 91.0 Å². The fourth-order valence-electron chi connectivity index (χ4n) is 7.68. The molecule has 2 saturated heterocycles. The van der Waals surface area contributed by atoms with E-state index in [9.17, 15) is 18.9 Å². The average Bonchev–Trinajstić information content (AvgIpc) is 3.90. The number of hydrogen-bond acceptors (Lipinski definition) is 18. The molecule has 0 bridgehead atoms. The van der Waals surface area contributed by atoms with Crippen molar-refractivity contribution in [1.82, 2.24) is 19.5 Å². The first-order valence-corrected chi connectivity index (χ1v) is 23.1. The minimum Gasteiger partial charge on any atom is -0.463 e. The monoisotopic (exact) mass is 947 g/mol. The number of anilines is 1. The Hall–Kier alpha value is -5.67. The molecule has 7 rings (SSSR count). The van der Waals surface area contributed by atoms with Gasteiger partial charge in [-0.25, -0.2) is 19.5 Å². The van der Waals surface area contributed by atoms with Crippen LogP contribution in [-0.2, 0) is 90.4 Å².